The Balaban J connectivity index is 2.32. The van der Waals surface area contributed by atoms with E-state index in [-0.39, 0.29) is 11.9 Å². The molecule has 0 saturated heterocycles. The zero-order valence-electron chi connectivity index (χ0n) is 11.4. The Morgan fingerprint density at radius 2 is 2.10 bits per heavy atom. The molecule has 0 aliphatic carbocycles. The van der Waals surface area contributed by atoms with E-state index in [0.29, 0.717) is 21.7 Å². The lowest BCUT2D eigenvalue weighted by atomic mass is 9.98. The van der Waals surface area contributed by atoms with Crippen molar-refractivity contribution in [3.8, 4) is 5.75 Å². The van der Waals surface area contributed by atoms with E-state index in [4.69, 9.17) is 22.2 Å². The van der Waals surface area contributed by atoms with Crippen LogP contribution in [0.2, 0.25) is 5.02 Å². The van der Waals surface area contributed by atoms with E-state index in [9.17, 15) is 4.39 Å². The number of rotatable bonds is 5. The second kappa shape index (κ2) is 7.22. The summed E-state index contributed by atoms with van der Waals surface area (Å²) in [4.78, 5) is 0. The molecule has 0 bridgehead atoms. The quantitative estimate of drug-likeness (QED) is 0.615. The van der Waals surface area contributed by atoms with Gasteiger partial charge in [-0.05, 0) is 36.2 Å². The summed E-state index contributed by atoms with van der Waals surface area (Å²) in [6, 6.07) is 9.79. The summed E-state index contributed by atoms with van der Waals surface area (Å²) in [6.45, 7) is 0. The Kier molecular flexibility index (Phi) is 5.58. The fraction of sp³-hybridized carbons (Fsp3) is 0.200. The molecule has 1 unspecified atom stereocenters. The maximum atomic E-state index is 13.1. The smallest absolute Gasteiger partial charge is 0.125 e. The van der Waals surface area contributed by atoms with E-state index in [1.54, 1.807) is 25.3 Å². The first-order valence-electron chi connectivity index (χ1n) is 6.28. The van der Waals surface area contributed by atoms with E-state index in [1.807, 2.05) is 6.07 Å². The maximum Gasteiger partial charge on any atom is 0.125 e. The van der Waals surface area contributed by atoms with Gasteiger partial charge in [0.05, 0.1) is 13.2 Å². The molecule has 0 saturated carbocycles. The van der Waals surface area contributed by atoms with Crippen molar-refractivity contribution in [2.24, 2.45) is 5.84 Å². The van der Waals surface area contributed by atoms with Gasteiger partial charge in [-0.25, -0.2) is 4.39 Å². The molecule has 3 nitrogen and oxygen atoms in total. The van der Waals surface area contributed by atoms with Gasteiger partial charge in [-0.1, -0.05) is 39.7 Å². The fourth-order valence-electron chi connectivity index (χ4n) is 2.14. The average molecular weight is 374 g/mol. The number of benzene rings is 2. The highest BCUT2D eigenvalue weighted by atomic mass is 79.9. The van der Waals surface area contributed by atoms with Crippen LogP contribution in [0.15, 0.2) is 40.9 Å². The first kappa shape index (κ1) is 16.2. The molecule has 2 aromatic carbocycles. The summed E-state index contributed by atoms with van der Waals surface area (Å²) in [7, 11) is 1.58. The van der Waals surface area contributed by atoms with Crippen LogP contribution in [0, 0.1) is 5.82 Å². The summed E-state index contributed by atoms with van der Waals surface area (Å²) in [5.74, 6) is 6.04. The van der Waals surface area contributed by atoms with Crippen molar-refractivity contribution in [2.45, 2.75) is 12.5 Å². The van der Waals surface area contributed by atoms with Gasteiger partial charge in [-0.3, -0.25) is 11.3 Å². The van der Waals surface area contributed by atoms with Gasteiger partial charge in [0.25, 0.3) is 0 Å². The molecule has 0 aliphatic heterocycles. The summed E-state index contributed by atoms with van der Waals surface area (Å²) in [5.41, 5.74) is 4.60. The second-order valence-corrected chi connectivity index (χ2v) is 5.84. The van der Waals surface area contributed by atoms with Gasteiger partial charge in [-0.2, -0.15) is 0 Å². The van der Waals surface area contributed by atoms with Crippen LogP contribution < -0.4 is 16.0 Å². The number of hydrogen-bond acceptors (Lipinski definition) is 3. The molecule has 0 aromatic heterocycles. The van der Waals surface area contributed by atoms with Crippen LogP contribution in [-0.2, 0) is 6.42 Å². The predicted molar refractivity (Wildman–Crippen MR) is 85.9 cm³/mol. The van der Waals surface area contributed by atoms with Crippen LogP contribution in [0.1, 0.15) is 17.2 Å². The lowest BCUT2D eigenvalue weighted by molar-refractivity contribution is 0.399. The molecule has 6 heteroatoms. The molecule has 112 valence electrons. The Morgan fingerprint density at radius 1 is 1.33 bits per heavy atom. The first-order chi connectivity index (χ1) is 10.0. The Labute approximate surface area is 136 Å². The van der Waals surface area contributed by atoms with E-state index >= 15 is 0 Å². The van der Waals surface area contributed by atoms with Crippen molar-refractivity contribution in [3.05, 3.63) is 62.8 Å². The first-order valence-corrected chi connectivity index (χ1v) is 7.45. The number of halogens is 3. The van der Waals surface area contributed by atoms with Gasteiger partial charge in [-0.15, -0.1) is 0 Å². The molecule has 0 radical (unpaired) electrons. The molecule has 3 N–H and O–H groups in total. The molecule has 21 heavy (non-hydrogen) atoms. The SMILES string of the molecule is COc1cc(Cl)ccc1C(Cc1ccc(F)cc1Br)NN. The van der Waals surface area contributed by atoms with E-state index in [1.165, 1.54) is 12.1 Å². The van der Waals surface area contributed by atoms with Gasteiger partial charge in [0.1, 0.15) is 11.6 Å². The highest BCUT2D eigenvalue weighted by molar-refractivity contribution is 9.10. The minimum absolute atomic E-state index is 0.182. The molecule has 2 rings (SSSR count). The Morgan fingerprint density at radius 3 is 2.71 bits per heavy atom. The Bertz CT molecular complexity index is 639. The van der Waals surface area contributed by atoms with Crippen molar-refractivity contribution in [1.82, 2.24) is 5.43 Å². The molecule has 0 fully saturated rings. The normalized spacial score (nSPS) is 12.2. The monoisotopic (exact) mass is 372 g/mol. The van der Waals surface area contributed by atoms with Gasteiger partial charge >= 0.3 is 0 Å². The largest absolute Gasteiger partial charge is 0.496 e. The van der Waals surface area contributed by atoms with Crippen LogP contribution in [0.4, 0.5) is 4.39 Å². The molecule has 1 atom stereocenters. The lowest BCUT2D eigenvalue weighted by Crippen LogP contribution is -2.30. The Hall–Kier alpha value is -1.14. The standard InChI is InChI=1S/C15H15BrClFN2O/c1-21-15-7-10(17)3-5-12(15)14(20-19)6-9-2-4-11(18)8-13(9)16/h2-5,7-8,14,20H,6,19H2,1H3. The number of methoxy groups -OCH3 is 1. The third-order valence-corrected chi connectivity index (χ3v) is 4.18. The van der Waals surface area contributed by atoms with Crippen molar-refractivity contribution >= 4 is 27.5 Å². The third-order valence-electron chi connectivity index (χ3n) is 3.21. The van der Waals surface area contributed by atoms with Crippen LogP contribution in [0.5, 0.6) is 5.75 Å². The van der Waals surface area contributed by atoms with Crippen molar-refractivity contribution in [1.29, 1.82) is 0 Å². The molecule has 0 heterocycles. The average Bonchev–Trinajstić information content (AvgIpc) is 2.47. The topological polar surface area (TPSA) is 47.3 Å². The highest BCUT2D eigenvalue weighted by Gasteiger charge is 2.17. The zero-order chi connectivity index (χ0) is 15.4. The van der Waals surface area contributed by atoms with Gasteiger partial charge in [0.15, 0.2) is 0 Å². The fourth-order valence-corrected chi connectivity index (χ4v) is 2.81. The van der Waals surface area contributed by atoms with Gasteiger partial charge in [0, 0.05) is 15.1 Å². The number of nitrogens with two attached hydrogens (primary N) is 1. The van der Waals surface area contributed by atoms with Crippen molar-refractivity contribution in [3.63, 3.8) is 0 Å². The van der Waals surface area contributed by atoms with E-state index in [0.717, 1.165) is 11.1 Å². The molecule has 0 amide bonds. The molecule has 0 spiro atoms. The van der Waals surface area contributed by atoms with E-state index < -0.39 is 0 Å². The van der Waals surface area contributed by atoms with Crippen LogP contribution in [-0.4, -0.2) is 7.11 Å². The number of hydrazine groups is 1. The molecule has 2 aromatic rings. The third kappa shape index (κ3) is 3.95. The minimum atomic E-state index is -0.285. The number of nitrogens with one attached hydrogen (secondary N) is 1. The molecular formula is C15H15BrClFN2O. The van der Waals surface area contributed by atoms with E-state index in [2.05, 4.69) is 21.4 Å². The van der Waals surface area contributed by atoms with Crippen LogP contribution in [0.3, 0.4) is 0 Å². The summed E-state index contributed by atoms with van der Waals surface area (Å²) in [6.07, 6.45) is 0.579. The van der Waals surface area contributed by atoms with Crippen molar-refractivity contribution in [2.75, 3.05) is 7.11 Å². The summed E-state index contributed by atoms with van der Waals surface area (Å²) < 4.78 is 19.2. The minimum Gasteiger partial charge on any atom is -0.496 e. The zero-order valence-corrected chi connectivity index (χ0v) is 13.7. The van der Waals surface area contributed by atoms with Crippen LogP contribution in [0.25, 0.3) is 0 Å². The summed E-state index contributed by atoms with van der Waals surface area (Å²) >= 11 is 9.33. The molecular weight excluding hydrogens is 359 g/mol. The number of ether oxygens (including phenoxy) is 1. The predicted octanol–water partition coefficient (Wildman–Crippen LogP) is 4.00. The van der Waals surface area contributed by atoms with Gasteiger partial charge in [0.2, 0.25) is 0 Å². The van der Waals surface area contributed by atoms with Gasteiger partial charge < -0.3 is 4.74 Å². The highest BCUT2D eigenvalue weighted by Crippen LogP contribution is 2.31. The van der Waals surface area contributed by atoms with Crippen LogP contribution >= 0.6 is 27.5 Å². The second-order valence-electron chi connectivity index (χ2n) is 4.55. The van der Waals surface area contributed by atoms with Crippen molar-refractivity contribution < 1.29 is 9.13 Å². The maximum absolute atomic E-state index is 13.1. The molecule has 0 aliphatic rings. The lowest BCUT2D eigenvalue weighted by Gasteiger charge is -2.20. The summed E-state index contributed by atoms with van der Waals surface area (Å²) in [5, 5.41) is 0.592. The number of hydrogen-bond donors (Lipinski definition) is 2.